The van der Waals surface area contributed by atoms with Crippen molar-refractivity contribution in [3.05, 3.63) is 112 Å². The number of hydrogen-bond donors (Lipinski definition) is 1. The van der Waals surface area contributed by atoms with E-state index in [9.17, 15) is 9.00 Å². The second-order valence-corrected chi connectivity index (χ2v) is 9.83. The Balaban J connectivity index is 1.60. The molecule has 33 heavy (non-hydrogen) atoms. The summed E-state index contributed by atoms with van der Waals surface area (Å²) in [5.74, 6) is 0.816. The summed E-state index contributed by atoms with van der Waals surface area (Å²) in [7, 11) is -0.998. The number of anilines is 1. The molecular formula is C27H25N3O2S. The summed E-state index contributed by atoms with van der Waals surface area (Å²) in [6.45, 7) is 4.11. The van der Waals surface area contributed by atoms with Gasteiger partial charge < -0.3 is 5.32 Å². The van der Waals surface area contributed by atoms with Gasteiger partial charge in [-0.2, -0.15) is 5.10 Å². The van der Waals surface area contributed by atoms with Gasteiger partial charge in [0.25, 0.3) is 0 Å². The van der Waals surface area contributed by atoms with Crippen LogP contribution in [0.4, 0.5) is 5.82 Å². The molecule has 0 saturated carbocycles. The Morgan fingerprint density at radius 3 is 2.18 bits per heavy atom. The first-order chi connectivity index (χ1) is 16.0. The lowest BCUT2D eigenvalue weighted by molar-refractivity contribution is -0.116. The number of nitrogens with one attached hydrogen (secondary N) is 1. The van der Waals surface area contributed by atoms with Gasteiger partial charge in [-0.15, -0.1) is 0 Å². The Bertz CT molecular complexity index is 1310. The Morgan fingerprint density at radius 1 is 0.909 bits per heavy atom. The predicted octanol–water partition coefficient (Wildman–Crippen LogP) is 5.02. The third kappa shape index (κ3) is 4.02. The molecule has 2 heterocycles. The van der Waals surface area contributed by atoms with E-state index in [2.05, 4.69) is 25.2 Å². The summed E-state index contributed by atoms with van der Waals surface area (Å²) in [5, 5.41) is 7.96. The fourth-order valence-electron chi connectivity index (χ4n) is 4.37. The standard InChI is InChI=1S/C27H25N3O2S/c1-18-10-9-15-24(19(18)2)30-26(22-16-33(32)17-23(22)29-30)28-27(31)25(20-11-5-3-6-12-20)21-13-7-4-8-14-21/h3-15,25H,16-17H2,1-2H3,(H,28,31)/t33-/m0/s1. The molecule has 0 aliphatic carbocycles. The number of carbonyl (C=O) groups is 1. The lowest BCUT2D eigenvalue weighted by Gasteiger charge is -2.20. The number of benzene rings is 3. The average Bonchev–Trinajstić information content (AvgIpc) is 3.34. The van der Waals surface area contributed by atoms with Crippen molar-refractivity contribution < 1.29 is 9.00 Å². The van der Waals surface area contributed by atoms with Gasteiger partial charge in [0.1, 0.15) is 5.82 Å². The van der Waals surface area contributed by atoms with Crippen LogP contribution in [0, 0.1) is 13.8 Å². The molecule has 0 fully saturated rings. The Morgan fingerprint density at radius 2 is 1.55 bits per heavy atom. The third-order valence-electron chi connectivity index (χ3n) is 6.24. The average molecular weight is 456 g/mol. The monoisotopic (exact) mass is 455 g/mol. The van der Waals surface area contributed by atoms with Crippen LogP contribution in [0.5, 0.6) is 0 Å². The zero-order valence-electron chi connectivity index (χ0n) is 18.6. The van der Waals surface area contributed by atoms with Gasteiger partial charge in [0.15, 0.2) is 0 Å². The van der Waals surface area contributed by atoms with Crippen molar-refractivity contribution in [2.75, 3.05) is 5.32 Å². The van der Waals surface area contributed by atoms with E-state index in [0.29, 0.717) is 17.3 Å². The summed E-state index contributed by atoms with van der Waals surface area (Å²) in [4.78, 5) is 13.8. The molecule has 0 bridgehead atoms. The second kappa shape index (κ2) is 8.79. The summed E-state index contributed by atoms with van der Waals surface area (Å²) in [6.07, 6.45) is 0. The molecule has 1 aromatic heterocycles. The first-order valence-corrected chi connectivity index (χ1v) is 12.4. The Kier molecular flexibility index (Phi) is 5.68. The summed E-state index contributed by atoms with van der Waals surface area (Å²) in [5.41, 5.74) is 6.65. The highest BCUT2D eigenvalue weighted by Gasteiger charge is 2.31. The number of aryl methyl sites for hydroxylation is 1. The van der Waals surface area contributed by atoms with Crippen molar-refractivity contribution in [1.29, 1.82) is 0 Å². The number of carbonyl (C=O) groups excluding carboxylic acids is 1. The van der Waals surface area contributed by atoms with Crippen LogP contribution >= 0.6 is 0 Å². The molecule has 1 amide bonds. The highest BCUT2D eigenvalue weighted by atomic mass is 32.2. The summed E-state index contributed by atoms with van der Waals surface area (Å²) >= 11 is 0. The zero-order chi connectivity index (χ0) is 22.9. The fourth-order valence-corrected chi connectivity index (χ4v) is 5.63. The molecule has 0 saturated heterocycles. The van der Waals surface area contributed by atoms with Gasteiger partial charge in [0.2, 0.25) is 5.91 Å². The summed E-state index contributed by atoms with van der Waals surface area (Å²) < 4.78 is 14.1. The van der Waals surface area contributed by atoms with Crippen molar-refractivity contribution in [3.63, 3.8) is 0 Å². The van der Waals surface area contributed by atoms with E-state index in [1.807, 2.05) is 77.5 Å². The molecule has 4 aromatic rings. The van der Waals surface area contributed by atoms with Crippen LogP contribution in [0.1, 0.15) is 39.4 Å². The molecule has 166 valence electrons. The predicted molar refractivity (Wildman–Crippen MR) is 132 cm³/mol. The van der Waals surface area contributed by atoms with E-state index in [-0.39, 0.29) is 5.91 Å². The Labute approximate surface area is 195 Å². The van der Waals surface area contributed by atoms with Gasteiger partial charge in [-0.3, -0.25) is 9.00 Å². The van der Waals surface area contributed by atoms with E-state index in [4.69, 9.17) is 5.10 Å². The first-order valence-electron chi connectivity index (χ1n) is 11.0. The van der Waals surface area contributed by atoms with Gasteiger partial charge in [-0.1, -0.05) is 72.8 Å². The smallest absolute Gasteiger partial charge is 0.237 e. The van der Waals surface area contributed by atoms with Gasteiger partial charge in [0.05, 0.1) is 28.8 Å². The van der Waals surface area contributed by atoms with Gasteiger partial charge in [-0.25, -0.2) is 4.68 Å². The van der Waals surface area contributed by atoms with Crippen molar-refractivity contribution in [1.82, 2.24) is 9.78 Å². The topological polar surface area (TPSA) is 64.0 Å². The maximum absolute atomic E-state index is 13.8. The minimum atomic E-state index is -0.998. The van der Waals surface area contributed by atoms with Crippen LogP contribution in [0.2, 0.25) is 0 Å². The van der Waals surface area contributed by atoms with E-state index < -0.39 is 16.7 Å². The molecule has 5 rings (SSSR count). The lowest BCUT2D eigenvalue weighted by atomic mass is 9.90. The molecule has 0 spiro atoms. The first kappa shape index (κ1) is 21.3. The minimum absolute atomic E-state index is 0.140. The van der Waals surface area contributed by atoms with Crippen LogP contribution in [0.3, 0.4) is 0 Å². The molecule has 0 radical (unpaired) electrons. The number of hydrogen-bond acceptors (Lipinski definition) is 3. The molecule has 1 N–H and O–H groups in total. The van der Waals surface area contributed by atoms with Crippen molar-refractivity contribution in [2.45, 2.75) is 31.3 Å². The van der Waals surface area contributed by atoms with Crippen LogP contribution in [0.25, 0.3) is 5.69 Å². The van der Waals surface area contributed by atoms with Crippen molar-refractivity contribution in [2.24, 2.45) is 0 Å². The normalized spacial score (nSPS) is 14.9. The fraction of sp³-hybridized carbons (Fsp3) is 0.185. The largest absolute Gasteiger partial charge is 0.309 e. The van der Waals surface area contributed by atoms with Gasteiger partial charge >= 0.3 is 0 Å². The quantitative estimate of drug-likeness (QED) is 0.459. The van der Waals surface area contributed by atoms with E-state index in [0.717, 1.165) is 39.2 Å². The number of fused-ring (bicyclic) bond motifs is 1. The lowest BCUT2D eigenvalue weighted by Crippen LogP contribution is -2.24. The molecule has 1 aliphatic rings. The highest BCUT2D eigenvalue weighted by Crippen LogP contribution is 2.34. The third-order valence-corrected chi connectivity index (χ3v) is 7.45. The molecule has 6 heteroatoms. The maximum atomic E-state index is 13.8. The second-order valence-electron chi connectivity index (χ2n) is 8.38. The summed E-state index contributed by atoms with van der Waals surface area (Å²) in [6, 6.07) is 25.6. The van der Waals surface area contributed by atoms with E-state index >= 15 is 0 Å². The molecule has 0 unspecified atom stereocenters. The van der Waals surface area contributed by atoms with Crippen LogP contribution < -0.4 is 5.32 Å². The molecule has 1 atom stereocenters. The van der Waals surface area contributed by atoms with Gasteiger partial charge in [0, 0.05) is 16.4 Å². The molecule has 5 nitrogen and oxygen atoms in total. The van der Waals surface area contributed by atoms with Crippen LogP contribution in [-0.4, -0.2) is 19.9 Å². The van der Waals surface area contributed by atoms with Crippen molar-refractivity contribution in [3.8, 4) is 5.69 Å². The van der Waals surface area contributed by atoms with Gasteiger partial charge in [-0.05, 0) is 42.2 Å². The number of amides is 1. The zero-order valence-corrected chi connectivity index (χ0v) is 19.4. The molecular weight excluding hydrogens is 430 g/mol. The molecule has 3 aromatic carbocycles. The van der Waals surface area contributed by atoms with E-state index in [1.54, 1.807) is 0 Å². The van der Waals surface area contributed by atoms with Crippen LogP contribution in [0.15, 0.2) is 78.9 Å². The number of nitrogens with zero attached hydrogens (tertiary/aromatic N) is 2. The molecule has 1 aliphatic heterocycles. The highest BCUT2D eigenvalue weighted by molar-refractivity contribution is 7.83. The maximum Gasteiger partial charge on any atom is 0.237 e. The number of rotatable bonds is 5. The SMILES string of the molecule is Cc1cccc(-n2nc3c(c2NC(=O)C(c2ccccc2)c2ccccc2)C[S@](=O)C3)c1C. The Hall–Kier alpha value is -3.51. The van der Waals surface area contributed by atoms with Crippen molar-refractivity contribution >= 4 is 22.5 Å². The number of aromatic nitrogens is 2. The van der Waals surface area contributed by atoms with Crippen LogP contribution in [-0.2, 0) is 27.1 Å². The van der Waals surface area contributed by atoms with E-state index in [1.165, 1.54) is 0 Å². The minimum Gasteiger partial charge on any atom is -0.309 e.